The van der Waals surface area contributed by atoms with Gasteiger partial charge in [0.1, 0.15) is 0 Å². The van der Waals surface area contributed by atoms with Crippen molar-refractivity contribution in [3.8, 4) is 0 Å². The van der Waals surface area contributed by atoms with Crippen molar-refractivity contribution in [2.75, 3.05) is 32.8 Å². The van der Waals surface area contributed by atoms with E-state index in [2.05, 4.69) is 0 Å². The van der Waals surface area contributed by atoms with Gasteiger partial charge in [0.2, 0.25) is 10.0 Å². The number of nitrogens with zero attached hydrogens (tertiary/aromatic N) is 2. The van der Waals surface area contributed by atoms with Crippen LogP contribution >= 0.6 is 0 Å². The number of carbonyl (C=O) groups is 1. The van der Waals surface area contributed by atoms with Gasteiger partial charge in [-0.15, -0.1) is 0 Å². The first-order valence-electron chi connectivity index (χ1n) is 7.99. The van der Waals surface area contributed by atoms with Crippen LogP contribution in [-0.2, 0) is 14.8 Å². The zero-order valence-electron chi connectivity index (χ0n) is 13.3. The zero-order valence-corrected chi connectivity index (χ0v) is 14.1. The Morgan fingerprint density at radius 2 is 1.78 bits per heavy atom. The fourth-order valence-electron chi connectivity index (χ4n) is 3.11. The number of hydrogen-bond acceptors (Lipinski definition) is 4. The quantitative estimate of drug-likeness (QED) is 0.834. The molecule has 2 heterocycles. The Morgan fingerprint density at radius 3 is 2.35 bits per heavy atom. The molecule has 0 bridgehead atoms. The van der Waals surface area contributed by atoms with Gasteiger partial charge in [-0.05, 0) is 44.0 Å². The molecule has 2 fully saturated rings. The number of likely N-dealkylation sites (tertiary alicyclic amines) is 1. The number of carbonyl (C=O) groups excluding carboxylic acids is 1. The highest BCUT2D eigenvalue weighted by Crippen LogP contribution is 2.22. The molecule has 1 aromatic carbocycles. The summed E-state index contributed by atoms with van der Waals surface area (Å²) in [7, 11) is -3.51. The molecule has 7 heteroatoms. The van der Waals surface area contributed by atoms with Crippen molar-refractivity contribution in [2.45, 2.75) is 30.7 Å². The third-order valence-electron chi connectivity index (χ3n) is 4.52. The summed E-state index contributed by atoms with van der Waals surface area (Å²) in [6.07, 6.45) is 2.05. The molecule has 0 N–H and O–H groups in total. The van der Waals surface area contributed by atoms with Crippen LogP contribution in [0.25, 0.3) is 0 Å². The molecule has 126 valence electrons. The standard InChI is InChI=1S/C16H22N2O4S/c1-13-3-2-8-18(13)16(19)14-4-6-15(7-5-14)23(20,21)17-9-11-22-12-10-17/h4-7,13H,2-3,8-12H2,1H3. The maximum absolute atomic E-state index is 12.6. The second-order valence-electron chi connectivity index (χ2n) is 6.03. The average Bonchev–Trinajstić information content (AvgIpc) is 3.01. The van der Waals surface area contributed by atoms with Crippen LogP contribution in [0.2, 0.25) is 0 Å². The lowest BCUT2D eigenvalue weighted by Crippen LogP contribution is -2.40. The third-order valence-corrected chi connectivity index (χ3v) is 6.44. The van der Waals surface area contributed by atoms with E-state index in [1.165, 1.54) is 16.4 Å². The number of hydrogen-bond donors (Lipinski definition) is 0. The number of benzene rings is 1. The Morgan fingerprint density at radius 1 is 1.13 bits per heavy atom. The van der Waals surface area contributed by atoms with Gasteiger partial charge in [-0.3, -0.25) is 4.79 Å². The second-order valence-corrected chi connectivity index (χ2v) is 7.97. The van der Waals surface area contributed by atoms with E-state index in [0.717, 1.165) is 19.4 Å². The number of sulfonamides is 1. The van der Waals surface area contributed by atoms with Gasteiger partial charge in [-0.2, -0.15) is 4.31 Å². The predicted molar refractivity (Wildman–Crippen MR) is 85.8 cm³/mol. The van der Waals surface area contributed by atoms with E-state index in [0.29, 0.717) is 31.9 Å². The lowest BCUT2D eigenvalue weighted by atomic mass is 10.2. The van der Waals surface area contributed by atoms with Crippen molar-refractivity contribution >= 4 is 15.9 Å². The Kier molecular flexibility index (Phi) is 4.70. The van der Waals surface area contributed by atoms with Gasteiger partial charge in [0.05, 0.1) is 18.1 Å². The molecular weight excluding hydrogens is 316 g/mol. The average molecular weight is 338 g/mol. The van der Waals surface area contributed by atoms with Gasteiger partial charge < -0.3 is 9.64 Å². The molecule has 6 nitrogen and oxygen atoms in total. The van der Waals surface area contributed by atoms with Crippen LogP contribution in [0.4, 0.5) is 0 Å². The largest absolute Gasteiger partial charge is 0.379 e. The summed E-state index contributed by atoms with van der Waals surface area (Å²) in [4.78, 5) is 14.5. The summed E-state index contributed by atoms with van der Waals surface area (Å²) in [5.41, 5.74) is 0.541. The Hall–Kier alpha value is -1.44. The minimum Gasteiger partial charge on any atom is -0.379 e. The van der Waals surface area contributed by atoms with Crippen LogP contribution < -0.4 is 0 Å². The zero-order chi connectivity index (χ0) is 16.4. The number of ether oxygens (including phenoxy) is 1. The summed E-state index contributed by atoms with van der Waals surface area (Å²) in [5.74, 6) is -0.0229. The van der Waals surface area contributed by atoms with Gasteiger partial charge >= 0.3 is 0 Å². The Labute approximate surface area is 137 Å². The van der Waals surface area contributed by atoms with E-state index in [1.807, 2.05) is 11.8 Å². The number of morpholine rings is 1. The highest BCUT2D eigenvalue weighted by atomic mass is 32.2. The summed E-state index contributed by atoms with van der Waals surface area (Å²) in [5, 5.41) is 0. The fourth-order valence-corrected chi connectivity index (χ4v) is 4.51. The molecule has 1 atom stereocenters. The van der Waals surface area contributed by atoms with E-state index in [4.69, 9.17) is 4.74 Å². The van der Waals surface area contributed by atoms with Crippen LogP contribution in [0.1, 0.15) is 30.1 Å². The molecule has 2 saturated heterocycles. The third kappa shape index (κ3) is 3.27. The molecule has 23 heavy (non-hydrogen) atoms. The van der Waals surface area contributed by atoms with E-state index < -0.39 is 10.0 Å². The van der Waals surface area contributed by atoms with Crippen LogP contribution in [0, 0.1) is 0 Å². The van der Waals surface area contributed by atoms with Crippen molar-refractivity contribution < 1.29 is 17.9 Å². The summed E-state index contributed by atoms with van der Waals surface area (Å²) >= 11 is 0. The molecule has 1 unspecified atom stereocenters. The molecule has 0 aliphatic carbocycles. The van der Waals surface area contributed by atoms with Crippen LogP contribution in [0.15, 0.2) is 29.2 Å². The fraction of sp³-hybridized carbons (Fsp3) is 0.562. The lowest BCUT2D eigenvalue weighted by Gasteiger charge is -2.26. The van der Waals surface area contributed by atoms with Crippen molar-refractivity contribution in [3.05, 3.63) is 29.8 Å². The number of rotatable bonds is 3. The Bertz CT molecular complexity index is 666. The van der Waals surface area contributed by atoms with E-state index in [1.54, 1.807) is 12.1 Å². The summed E-state index contributed by atoms with van der Waals surface area (Å²) < 4.78 is 31.7. The molecule has 0 spiro atoms. The molecule has 0 radical (unpaired) electrons. The van der Waals surface area contributed by atoms with E-state index >= 15 is 0 Å². The topological polar surface area (TPSA) is 66.9 Å². The lowest BCUT2D eigenvalue weighted by molar-refractivity contribution is 0.0730. The molecule has 3 rings (SSSR count). The van der Waals surface area contributed by atoms with Crippen LogP contribution in [0.5, 0.6) is 0 Å². The monoisotopic (exact) mass is 338 g/mol. The van der Waals surface area contributed by atoms with Gasteiger partial charge in [0.15, 0.2) is 0 Å². The van der Waals surface area contributed by atoms with Crippen molar-refractivity contribution in [1.29, 1.82) is 0 Å². The summed E-state index contributed by atoms with van der Waals surface area (Å²) in [6.45, 7) is 4.39. The molecule has 1 amide bonds. The first kappa shape index (κ1) is 16.4. The molecule has 0 aromatic heterocycles. The van der Waals surface area contributed by atoms with Crippen molar-refractivity contribution in [1.82, 2.24) is 9.21 Å². The maximum atomic E-state index is 12.6. The first-order valence-corrected chi connectivity index (χ1v) is 9.43. The first-order chi connectivity index (χ1) is 11.0. The van der Waals surface area contributed by atoms with Crippen LogP contribution in [0.3, 0.4) is 0 Å². The molecule has 2 aliphatic heterocycles. The highest BCUT2D eigenvalue weighted by Gasteiger charge is 2.28. The maximum Gasteiger partial charge on any atom is 0.254 e. The van der Waals surface area contributed by atoms with Crippen LogP contribution in [-0.4, -0.2) is 62.4 Å². The molecule has 0 saturated carbocycles. The SMILES string of the molecule is CC1CCCN1C(=O)c1ccc(S(=O)(=O)N2CCOCC2)cc1. The van der Waals surface area contributed by atoms with Crippen molar-refractivity contribution in [2.24, 2.45) is 0 Å². The minimum absolute atomic E-state index is 0.0229. The van der Waals surface area contributed by atoms with Crippen molar-refractivity contribution in [3.63, 3.8) is 0 Å². The van der Waals surface area contributed by atoms with E-state index in [-0.39, 0.29) is 16.8 Å². The second kappa shape index (κ2) is 6.59. The minimum atomic E-state index is -3.51. The molecule has 2 aliphatic rings. The predicted octanol–water partition coefficient (Wildman–Crippen LogP) is 1.33. The molecular formula is C16H22N2O4S. The number of amides is 1. The Balaban J connectivity index is 1.77. The van der Waals surface area contributed by atoms with Gasteiger partial charge in [0, 0.05) is 31.2 Å². The van der Waals surface area contributed by atoms with E-state index in [9.17, 15) is 13.2 Å². The molecule has 1 aromatic rings. The highest BCUT2D eigenvalue weighted by molar-refractivity contribution is 7.89. The van der Waals surface area contributed by atoms with Gasteiger partial charge in [-0.1, -0.05) is 0 Å². The normalized spacial score (nSPS) is 23.2. The smallest absolute Gasteiger partial charge is 0.254 e. The summed E-state index contributed by atoms with van der Waals surface area (Å²) in [6, 6.07) is 6.53. The van der Waals surface area contributed by atoms with Gasteiger partial charge in [0.25, 0.3) is 5.91 Å². The van der Waals surface area contributed by atoms with Gasteiger partial charge in [-0.25, -0.2) is 8.42 Å².